The summed E-state index contributed by atoms with van der Waals surface area (Å²) >= 11 is 11.1. The van der Waals surface area contributed by atoms with Crippen molar-refractivity contribution in [2.24, 2.45) is 0 Å². The molecular formula is C15H14ClN3O2S. The highest BCUT2D eigenvalue weighted by atomic mass is 35.5. The molecule has 0 fully saturated rings. The molecule has 1 heterocycles. The number of pyridine rings is 1. The van der Waals surface area contributed by atoms with Crippen molar-refractivity contribution in [1.29, 1.82) is 0 Å². The summed E-state index contributed by atoms with van der Waals surface area (Å²) < 4.78 is 5.04. The van der Waals surface area contributed by atoms with Crippen molar-refractivity contribution in [3.8, 4) is 5.75 Å². The molecule has 2 aromatic rings. The van der Waals surface area contributed by atoms with Crippen molar-refractivity contribution in [1.82, 2.24) is 10.3 Å². The molecule has 5 nitrogen and oxygen atoms in total. The number of hydrogen-bond acceptors (Lipinski definition) is 4. The number of nitrogens with zero attached hydrogens (tertiary/aromatic N) is 1. The summed E-state index contributed by atoms with van der Waals surface area (Å²) in [5.74, 6) is 0.704. The molecule has 114 valence electrons. The van der Waals surface area contributed by atoms with Gasteiger partial charge >= 0.3 is 0 Å². The standard InChI is InChI=1S/C15H14ClN3O2S/c1-9-5-6-17-13(7-9)18-15(22)19-14(20)10-3-4-12(21-2)11(16)8-10/h3-8H,1-2H3,(H2,17,18,19,20,22). The molecule has 0 unspecified atom stereocenters. The highest BCUT2D eigenvalue weighted by molar-refractivity contribution is 7.80. The van der Waals surface area contributed by atoms with Gasteiger partial charge in [-0.15, -0.1) is 0 Å². The number of ether oxygens (including phenoxy) is 1. The van der Waals surface area contributed by atoms with E-state index in [1.165, 1.54) is 13.2 Å². The Kier molecular flexibility index (Phi) is 5.30. The minimum absolute atomic E-state index is 0.162. The third-order valence-electron chi connectivity index (χ3n) is 2.80. The summed E-state index contributed by atoms with van der Waals surface area (Å²) in [6, 6.07) is 8.43. The Morgan fingerprint density at radius 1 is 1.32 bits per heavy atom. The predicted octanol–water partition coefficient (Wildman–Crippen LogP) is 3.18. The first kappa shape index (κ1) is 16.2. The number of thiocarbonyl (C=S) groups is 1. The van der Waals surface area contributed by atoms with Gasteiger partial charge in [-0.3, -0.25) is 10.1 Å². The number of amides is 1. The number of aromatic nitrogens is 1. The molecule has 0 bridgehead atoms. The highest BCUT2D eigenvalue weighted by Crippen LogP contribution is 2.24. The molecule has 0 aliphatic rings. The second-order valence-corrected chi connectivity index (χ2v) is 5.29. The third kappa shape index (κ3) is 4.16. The van der Waals surface area contributed by atoms with E-state index in [0.717, 1.165) is 5.56 Å². The van der Waals surface area contributed by atoms with Gasteiger partial charge in [0.1, 0.15) is 11.6 Å². The second-order valence-electron chi connectivity index (χ2n) is 4.48. The van der Waals surface area contributed by atoms with Crippen molar-refractivity contribution in [2.45, 2.75) is 6.92 Å². The van der Waals surface area contributed by atoms with E-state index in [1.54, 1.807) is 18.3 Å². The van der Waals surface area contributed by atoms with Crippen molar-refractivity contribution in [3.05, 3.63) is 52.7 Å². The fourth-order valence-electron chi connectivity index (χ4n) is 1.74. The average molecular weight is 336 g/mol. The smallest absolute Gasteiger partial charge is 0.257 e. The van der Waals surface area contributed by atoms with Gasteiger partial charge in [0.15, 0.2) is 5.11 Å². The normalized spacial score (nSPS) is 9.95. The minimum atomic E-state index is -0.366. The molecule has 2 rings (SSSR count). The maximum Gasteiger partial charge on any atom is 0.257 e. The zero-order valence-corrected chi connectivity index (χ0v) is 13.6. The lowest BCUT2D eigenvalue weighted by Crippen LogP contribution is -2.34. The Labute approximate surface area is 138 Å². The van der Waals surface area contributed by atoms with E-state index >= 15 is 0 Å². The monoisotopic (exact) mass is 335 g/mol. The molecule has 7 heteroatoms. The first-order valence-electron chi connectivity index (χ1n) is 6.38. The van der Waals surface area contributed by atoms with Gasteiger partial charge in [-0.1, -0.05) is 11.6 Å². The second kappa shape index (κ2) is 7.20. The van der Waals surface area contributed by atoms with E-state index < -0.39 is 0 Å². The maximum atomic E-state index is 12.1. The number of rotatable bonds is 3. The third-order valence-corrected chi connectivity index (χ3v) is 3.30. The topological polar surface area (TPSA) is 63.2 Å². The van der Waals surface area contributed by atoms with Crippen LogP contribution in [-0.4, -0.2) is 23.1 Å². The van der Waals surface area contributed by atoms with Crippen molar-refractivity contribution in [3.63, 3.8) is 0 Å². The van der Waals surface area contributed by atoms with Crippen LogP contribution in [0.5, 0.6) is 5.75 Å². The summed E-state index contributed by atoms with van der Waals surface area (Å²) in [6.07, 6.45) is 1.66. The van der Waals surface area contributed by atoms with Crippen molar-refractivity contribution in [2.75, 3.05) is 12.4 Å². The summed E-state index contributed by atoms with van der Waals surface area (Å²) in [5, 5.41) is 5.94. The number of hydrogen-bond donors (Lipinski definition) is 2. The summed E-state index contributed by atoms with van der Waals surface area (Å²) in [4.78, 5) is 16.2. The van der Waals surface area contributed by atoms with Crippen LogP contribution < -0.4 is 15.4 Å². The Hall–Kier alpha value is -2.18. The van der Waals surface area contributed by atoms with Gasteiger partial charge in [-0.2, -0.15) is 0 Å². The summed E-state index contributed by atoms with van der Waals surface area (Å²) in [6.45, 7) is 1.94. The molecule has 1 amide bonds. The number of aryl methyl sites for hydroxylation is 1. The summed E-state index contributed by atoms with van der Waals surface area (Å²) in [7, 11) is 1.51. The molecule has 0 aliphatic carbocycles. The van der Waals surface area contributed by atoms with E-state index in [1.807, 2.05) is 19.1 Å². The fourth-order valence-corrected chi connectivity index (χ4v) is 2.19. The van der Waals surface area contributed by atoms with Gasteiger partial charge in [-0.05, 0) is 55.0 Å². The fraction of sp³-hybridized carbons (Fsp3) is 0.133. The lowest BCUT2D eigenvalue weighted by atomic mass is 10.2. The molecule has 1 aromatic heterocycles. The van der Waals surface area contributed by atoms with Gasteiger partial charge in [0.25, 0.3) is 5.91 Å². The Morgan fingerprint density at radius 3 is 2.73 bits per heavy atom. The Bertz CT molecular complexity index is 722. The van der Waals surface area contributed by atoms with Crippen LogP contribution in [0.15, 0.2) is 36.5 Å². The number of benzene rings is 1. The Balaban J connectivity index is 2.02. The zero-order valence-electron chi connectivity index (χ0n) is 12.0. The number of carbonyl (C=O) groups is 1. The molecule has 0 saturated heterocycles. The average Bonchev–Trinajstić information content (AvgIpc) is 2.46. The molecule has 0 aliphatic heterocycles. The van der Waals surface area contributed by atoms with Crippen LogP contribution >= 0.6 is 23.8 Å². The van der Waals surface area contributed by atoms with E-state index in [9.17, 15) is 4.79 Å². The first-order valence-corrected chi connectivity index (χ1v) is 7.17. The maximum absolute atomic E-state index is 12.1. The zero-order chi connectivity index (χ0) is 16.1. The van der Waals surface area contributed by atoms with E-state index in [4.69, 9.17) is 28.6 Å². The highest BCUT2D eigenvalue weighted by Gasteiger charge is 2.11. The van der Waals surface area contributed by atoms with Crippen molar-refractivity contribution >= 4 is 40.7 Å². The van der Waals surface area contributed by atoms with Gasteiger partial charge in [0.2, 0.25) is 0 Å². The van der Waals surface area contributed by atoms with E-state index in [0.29, 0.717) is 22.2 Å². The predicted molar refractivity (Wildman–Crippen MR) is 90.7 cm³/mol. The molecule has 0 radical (unpaired) electrons. The number of halogens is 1. The van der Waals surface area contributed by atoms with Crippen LogP contribution in [0.25, 0.3) is 0 Å². The van der Waals surface area contributed by atoms with Crippen LogP contribution in [0.3, 0.4) is 0 Å². The molecule has 0 atom stereocenters. The van der Waals surface area contributed by atoms with Gasteiger partial charge in [0.05, 0.1) is 12.1 Å². The number of methoxy groups -OCH3 is 1. The van der Waals surface area contributed by atoms with Crippen LogP contribution in [0, 0.1) is 6.92 Å². The molecule has 22 heavy (non-hydrogen) atoms. The number of anilines is 1. The van der Waals surface area contributed by atoms with Crippen LogP contribution in [0.4, 0.5) is 5.82 Å². The Morgan fingerprint density at radius 2 is 2.09 bits per heavy atom. The number of carbonyl (C=O) groups excluding carboxylic acids is 1. The molecule has 2 N–H and O–H groups in total. The minimum Gasteiger partial charge on any atom is -0.495 e. The van der Waals surface area contributed by atoms with Gasteiger partial charge < -0.3 is 10.1 Å². The van der Waals surface area contributed by atoms with Crippen molar-refractivity contribution < 1.29 is 9.53 Å². The molecular weight excluding hydrogens is 322 g/mol. The molecule has 0 spiro atoms. The van der Waals surface area contributed by atoms with Gasteiger partial charge in [-0.25, -0.2) is 4.98 Å². The lowest BCUT2D eigenvalue weighted by molar-refractivity contribution is 0.0977. The molecule has 0 saturated carbocycles. The van der Waals surface area contributed by atoms with Crippen LogP contribution in [0.1, 0.15) is 15.9 Å². The van der Waals surface area contributed by atoms with Crippen LogP contribution in [0.2, 0.25) is 5.02 Å². The quantitative estimate of drug-likeness (QED) is 0.843. The van der Waals surface area contributed by atoms with Crippen LogP contribution in [-0.2, 0) is 0 Å². The number of nitrogens with one attached hydrogen (secondary N) is 2. The van der Waals surface area contributed by atoms with E-state index in [2.05, 4.69) is 15.6 Å². The largest absolute Gasteiger partial charge is 0.495 e. The van der Waals surface area contributed by atoms with E-state index in [-0.39, 0.29) is 11.0 Å². The SMILES string of the molecule is COc1ccc(C(=O)NC(=S)Nc2cc(C)ccn2)cc1Cl. The lowest BCUT2D eigenvalue weighted by Gasteiger charge is -2.10. The first-order chi connectivity index (χ1) is 10.5. The van der Waals surface area contributed by atoms with Gasteiger partial charge in [0, 0.05) is 11.8 Å². The summed E-state index contributed by atoms with van der Waals surface area (Å²) in [5.41, 5.74) is 1.42. The molecule has 1 aromatic carbocycles.